The van der Waals surface area contributed by atoms with Crippen molar-refractivity contribution in [3.05, 3.63) is 17.7 Å². The average Bonchev–Trinajstić information content (AvgIpc) is 2.23. The van der Waals surface area contributed by atoms with Gasteiger partial charge in [0.25, 0.3) is 0 Å². The fraction of sp³-hybridized carbons (Fsp3) is 0.545. The van der Waals surface area contributed by atoms with Crippen molar-refractivity contribution >= 4 is 11.6 Å². The number of nitrogens with one attached hydrogen (secondary N) is 1. The topological polar surface area (TPSA) is 54.2 Å². The Hall–Kier alpha value is -1.43. The van der Waals surface area contributed by atoms with E-state index in [4.69, 9.17) is 5.84 Å². The van der Waals surface area contributed by atoms with Gasteiger partial charge in [0.15, 0.2) is 23.3 Å². The Morgan fingerprint density at radius 3 is 2.71 bits per heavy atom. The largest absolute Gasteiger partial charge is 0.357 e. The zero-order chi connectivity index (χ0) is 12.4. The third-order valence-corrected chi connectivity index (χ3v) is 3.17. The van der Waals surface area contributed by atoms with Crippen molar-refractivity contribution in [2.45, 2.75) is 19.3 Å². The van der Waals surface area contributed by atoms with E-state index in [1.165, 1.54) is 6.42 Å². The van der Waals surface area contributed by atoms with Crippen LogP contribution in [0.2, 0.25) is 0 Å². The number of nitrogen functional groups attached to an aromatic ring is 1. The van der Waals surface area contributed by atoms with Gasteiger partial charge in [0.2, 0.25) is 0 Å². The van der Waals surface area contributed by atoms with Crippen LogP contribution in [0.5, 0.6) is 0 Å². The lowest BCUT2D eigenvalue weighted by Crippen LogP contribution is -2.30. The smallest absolute Gasteiger partial charge is 0.178 e. The van der Waals surface area contributed by atoms with Crippen molar-refractivity contribution in [1.29, 1.82) is 0 Å². The summed E-state index contributed by atoms with van der Waals surface area (Å²) in [5.41, 5.74) is 2.12. The molecule has 0 aliphatic heterocycles. The van der Waals surface area contributed by atoms with Crippen LogP contribution in [0, 0.1) is 17.6 Å². The van der Waals surface area contributed by atoms with Gasteiger partial charge in [-0.1, -0.05) is 6.42 Å². The molecule has 0 aromatic carbocycles. The minimum atomic E-state index is -0.786. The highest BCUT2D eigenvalue weighted by Gasteiger charge is 2.22. The summed E-state index contributed by atoms with van der Waals surface area (Å²) < 4.78 is 26.7. The number of nitrogens with zero attached hydrogens (tertiary/aromatic N) is 2. The molecule has 0 saturated heterocycles. The van der Waals surface area contributed by atoms with Gasteiger partial charge in [-0.05, 0) is 18.8 Å². The van der Waals surface area contributed by atoms with Crippen LogP contribution in [0.1, 0.15) is 19.3 Å². The number of nitrogens with two attached hydrogens (primary N) is 1. The van der Waals surface area contributed by atoms with Crippen molar-refractivity contribution in [3.63, 3.8) is 0 Å². The predicted molar refractivity (Wildman–Crippen MR) is 62.6 cm³/mol. The summed E-state index contributed by atoms with van der Waals surface area (Å²) in [6.45, 7) is 0.736. The standard InChI is InChI=1S/C11H16F2N4/c1-17(6-7-3-2-4-7)11-9(13)5-8(12)10(15-11)16-14/h5,7H,2-4,6,14H2,1H3,(H,15,16). The Balaban J connectivity index is 2.17. The summed E-state index contributed by atoms with van der Waals surface area (Å²) in [5, 5.41) is 0. The number of aromatic nitrogens is 1. The molecule has 17 heavy (non-hydrogen) atoms. The number of hydrogen-bond acceptors (Lipinski definition) is 4. The maximum Gasteiger partial charge on any atom is 0.178 e. The zero-order valence-corrected chi connectivity index (χ0v) is 9.71. The molecule has 0 bridgehead atoms. The molecule has 1 aliphatic rings. The molecule has 1 aromatic heterocycles. The summed E-state index contributed by atoms with van der Waals surface area (Å²) >= 11 is 0. The van der Waals surface area contributed by atoms with Crippen LogP contribution in [0.4, 0.5) is 20.4 Å². The molecule has 0 amide bonds. The number of rotatable bonds is 4. The molecule has 1 aliphatic carbocycles. The van der Waals surface area contributed by atoms with Crippen molar-refractivity contribution < 1.29 is 8.78 Å². The van der Waals surface area contributed by atoms with Crippen molar-refractivity contribution in [1.82, 2.24) is 4.98 Å². The Morgan fingerprint density at radius 2 is 2.18 bits per heavy atom. The maximum absolute atomic E-state index is 13.6. The van der Waals surface area contributed by atoms with Crippen LogP contribution in [0.3, 0.4) is 0 Å². The van der Waals surface area contributed by atoms with Crippen molar-refractivity contribution in [2.24, 2.45) is 11.8 Å². The number of hydrazine groups is 1. The van der Waals surface area contributed by atoms with E-state index in [2.05, 4.69) is 10.4 Å². The van der Waals surface area contributed by atoms with E-state index in [9.17, 15) is 8.78 Å². The second kappa shape index (κ2) is 4.83. The number of halogens is 2. The lowest BCUT2D eigenvalue weighted by Gasteiger charge is -2.30. The van der Waals surface area contributed by atoms with Gasteiger partial charge in [-0.3, -0.25) is 0 Å². The highest BCUT2D eigenvalue weighted by Crippen LogP contribution is 2.29. The fourth-order valence-electron chi connectivity index (χ4n) is 1.97. The first-order valence-electron chi connectivity index (χ1n) is 5.65. The monoisotopic (exact) mass is 242 g/mol. The van der Waals surface area contributed by atoms with Gasteiger partial charge in [-0.2, -0.15) is 0 Å². The van der Waals surface area contributed by atoms with Crippen molar-refractivity contribution in [3.8, 4) is 0 Å². The SMILES string of the molecule is CN(CC1CCC1)c1nc(NN)c(F)cc1F. The molecule has 6 heteroatoms. The molecule has 0 spiro atoms. The van der Waals surface area contributed by atoms with Crippen molar-refractivity contribution in [2.75, 3.05) is 23.9 Å². The lowest BCUT2D eigenvalue weighted by atomic mass is 9.85. The molecular formula is C11H16F2N4. The summed E-state index contributed by atoms with van der Waals surface area (Å²) in [6, 6.07) is 0.800. The van der Waals surface area contributed by atoms with E-state index >= 15 is 0 Å². The molecule has 2 rings (SSSR count). The molecule has 0 radical (unpaired) electrons. The molecule has 1 heterocycles. The first kappa shape index (κ1) is 12.0. The molecule has 3 N–H and O–H groups in total. The van der Waals surface area contributed by atoms with E-state index in [-0.39, 0.29) is 11.6 Å². The van der Waals surface area contributed by atoms with Gasteiger partial charge in [-0.15, -0.1) is 0 Å². The molecule has 0 atom stereocenters. The van der Waals surface area contributed by atoms with E-state index in [1.54, 1.807) is 11.9 Å². The number of anilines is 2. The second-order valence-electron chi connectivity index (χ2n) is 4.45. The molecular weight excluding hydrogens is 226 g/mol. The Morgan fingerprint density at radius 1 is 1.47 bits per heavy atom. The quantitative estimate of drug-likeness (QED) is 0.625. The summed E-state index contributed by atoms with van der Waals surface area (Å²) in [7, 11) is 1.75. The molecule has 94 valence electrons. The minimum absolute atomic E-state index is 0.131. The molecule has 1 saturated carbocycles. The van der Waals surface area contributed by atoms with Crippen LogP contribution in [-0.2, 0) is 0 Å². The highest BCUT2D eigenvalue weighted by atomic mass is 19.1. The summed E-state index contributed by atoms with van der Waals surface area (Å²) in [5.74, 6) is 4.24. The Labute approximate surface area is 98.8 Å². The van der Waals surface area contributed by atoms with Gasteiger partial charge < -0.3 is 10.3 Å². The number of hydrogen-bond donors (Lipinski definition) is 2. The van der Waals surface area contributed by atoms with E-state index < -0.39 is 11.6 Å². The van der Waals surface area contributed by atoms with Crippen LogP contribution in [-0.4, -0.2) is 18.6 Å². The maximum atomic E-state index is 13.6. The summed E-state index contributed by atoms with van der Waals surface area (Å²) in [4.78, 5) is 5.55. The van der Waals surface area contributed by atoms with Gasteiger partial charge >= 0.3 is 0 Å². The Kier molecular flexibility index (Phi) is 3.42. The van der Waals surface area contributed by atoms with Gasteiger partial charge in [0, 0.05) is 19.7 Å². The van der Waals surface area contributed by atoms with Gasteiger partial charge in [-0.25, -0.2) is 19.6 Å². The Bertz CT molecular complexity index is 407. The third-order valence-electron chi connectivity index (χ3n) is 3.17. The van der Waals surface area contributed by atoms with Crippen LogP contribution in [0.15, 0.2) is 6.07 Å². The normalized spacial score (nSPS) is 15.5. The minimum Gasteiger partial charge on any atom is -0.357 e. The molecule has 1 aromatic rings. The van der Waals surface area contributed by atoms with E-state index in [0.29, 0.717) is 5.92 Å². The fourth-order valence-corrected chi connectivity index (χ4v) is 1.97. The predicted octanol–water partition coefficient (Wildman–Crippen LogP) is 1.88. The van der Waals surface area contributed by atoms with E-state index in [1.807, 2.05) is 0 Å². The second-order valence-corrected chi connectivity index (χ2v) is 4.45. The van der Waals surface area contributed by atoms with Crippen LogP contribution < -0.4 is 16.2 Å². The van der Waals surface area contributed by atoms with Crippen LogP contribution in [0.25, 0.3) is 0 Å². The molecule has 0 unspecified atom stereocenters. The first-order valence-corrected chi connectivity index (χ1v) is 5.65. The average molecular weight is 242 g/mol. The van der Waals surface area contributed by atoms with Gasteiger partial charge in [0.1, 0.15) is 0 Å². The third kappa shape index (κ3) is 2.46. The molecule has 1 fully saturated rings. The lowest BCUT2D eigenvalue weighted by molar-refractivity contribution is 0.320. The van der Waals surface area contributed by atoms with Crippen LogP contribution >= 0.6 is 0 Å². The number of pyridine rings is 1. The zero-order valence-electron chi connectivity index (χ0n) is 9.71. The van der Waals surface area contributed by atoms with Gasteiger partial charge in [0.05, 0.1) is 0 Å². The molecule has 4 nitrogen and oxygen atoms in total. The summed E-state index contributed by atoms with van der Waals surface area (Å²) in [6.07, 6.45) is 3.55. The first-order chi connectivity index (χ1) is 8.11. The highest BCUT2D eigenvalue weighted by molar-refractivity contribution is 5.48. The van der Waals surface area contributed by atoms with E-state index in [0.717, 1.165) is 25.5 Å².